The van der Waals surface area contributed by atoms with Crippen molar-refractivity contribution in [3.63, 3.8) is 0 Å². The molecule has 0 aromatic heterocycles. The fourth-order valence-electron chi connectivity index (χ4n) is 6.44. The van der Waals surface area contributed by atoms with E-state index in [4.69, 9.17) is 9.47 Å². The van der Waals surface area contributed by atoms with Crippen molar-refractivity contribution in [1.29, 1.82) is 0 Å². The van der Waals surface area contributed by atoms with E-state index in [1.165, 1.54) is 95.0 Å². The second-order valence-electron chi connectivity index (χ2n) is 11.7. The first-order valence-corrected chi connectivity index (χ1v) is 15.7. The molecule has 5 rings (SSSR count). The number of hydrogen-bond acceptors (Lipinski definition) is 4. The minimum absolute atomic E-state index is 0.158. The van der Waals surface area contributed by atoms with Crippen LogP contribution in [0.4, 0.5) is 0 Å². The molecular formula is C36H47NO3. The SMILES string of the molecule is Oc1ccc2c(c1)OC[C@@H](c1ccccc1)[C@H]2c1ccc(OCCCCCCCCCCCN2CCCC2)cc1. The third kappa shape index (κ3) is 8.04. The number of benzene rings is 3. The van der Waals surface area contributed by atoms with Crippen LogP contribution in [0.25, 0.3) is 0 Å². The molecule has 214 valence electrons. The third-order valence-electron chi connectivity index (χ3n) is 8.71. The number of ether oxygens (including phenoxy) is 2. The maximum atomic E-state index is 10.0. The molecule has 0 unspecified atom stereocenters. The van der Waals surface area contributed by atoms with Crippen LogP contribution in [0.1, 0.15) is 99.2 Å². The molecule has 1 saturated heterocycles. The van der Waals surface area contributed by atoms with Gasteiger partial charge >= 0.3 is 0 Å². The highest BCUT2D eigenvalue weighted by Gasteiger charge is 2.33. The summed E-state index contributed by atoms with van der Waals surface area (Å²) in [5.74, 6) is 2.32. The summed E-state index contributed by atoms with van der Waals surface area (Å²) in [5, 5.41) is 10.0. The highest BCUT2D eigenvalue weighted by molar-refractivity contribution is 5.50. The van der Waals surface area contributed by atoms with Gasteiger partial charge < -0.3 is 19.5 Å². The van der Waals surface area contributed by atoms with Gasteiger partial charge in [0, 0.05) is 23.5 Å². The van der Waals surface area contributed by atoms with E-state index in [2.05, 4.69) is 59.5 Å². The van der Waals surface area contributed by atoms with Crippen LogP contribution < -0.4 is 9.47 Å². The summed E-state index contributed by atoms with van der Waals surface area (Å²) < 4.78 is 12.2. The topological polar surface area (TPSA) is 41.9 Å². The van der Waals surface area contributed by atoms with E-state index in [-0.39, 0.29) is 17.6 Å². The number of phenolic OH excluding ortho intramolecular Hbond substituents is 1. The number of fused-ring (bicyclic) bond motifs is 1. The molecule has 0 saturated carbocycles. The molecule has 0 radical (unpaired) electrons. The monoisotopic (exact) mass is 541 g/mol. The number of rotatable bonds is 15. The number of nitrogens with zero attached hydrogens (tertiary/aromatic N) is 1. The number of unbranched alkanes of at least 4 members (excludes halogenated alkanes) is 8. The van der Waals surface area contributed by atoms with Gasteiger partial charge in [-0.05, 0) is 74.6 Å². The molecule has 4 nitrogen and oxygen atoms in total. The van der Waals surface area contributed by atoms with Gasteiger partial charge in [-0.1, -0.05) is 93.5 Å². The zero-order chi connectivity index (χ0) is 27.4. The normalized spacial score (nSPS) is 18.8. The van der Waals surface area contributed by atoms with E-state index in [1.54, 1.807) is 12.1 Å². The van der Waals surface area contributed by atoms with Crippen molar-refractivity contribution in [2.24, 2.45) is 0 Å². The summed E-state index contributed by atoms with van der Waals surface area (Å²) in [4.78, 5) is 2.64. The fourth-order valence-corrected chi connectivity index (χ4v) is 6.44. The van der Waals surface area contributed by atoms with Crippen molar-refractivity contribution >= 4 is 0 Å². The molecule has 0 amide bonds. The molecule has 2 aliphatic heterocycles. The first-order chi connectivity index (χ1) is 19.8. The predicted molar refractivity (Wildman–Crippen MR) is 164 cm³/mol. The van der Waals surface area contributed by atoms with Crippen LogP contribution in [-0.2, 0) is 0 Å². The zero-order valence-corrected chi connectivity index (χ0v) is 24.1. The van der Waals surface area contributed by atoms with Gasteiger partial charge in [-0.2, -0.15) is 0 Å². The standard InChI is InChI=1S/C36H47NO3/c38-31-19-22-33-35(27-31)40-28-34(29-15-9-8-10-16-29)36(33)30-17-20-32(21-18-30)39-26-14-7-5-3-1-2-4-6-11-23-37-24-12-13-25-37/h8-10,15-22,27,34,36,38H,1-7,11-14,23-26,28H2/t34-,36-/m0/s1. The summed E-state index contributed by atoms with van der Waals surface area (Å²) in [6.07, 6.45) is 14.8. The number of phenols is 1. The van der Waals surface area contributed by atoms with Crippen molar-refractivity contribution in [2.45, 2.75) is 82.5 Å². The van der Waals surface area contributed by atoms with Crippen molar-refractivity contribution in [1.82, 2.24) is 4.90 Å². The lowest BCUT2D eigenvalue weighted by molar-refractivity contribution is 0.247. The van der Waals surface area contributed by atoms with Gasteiger partial charge in [0.05, 0.1) is 13.2 Å². The Labute approximate surface area is 241 Å². The smallest absolute Gasteiger partial charge is 0.126 e. The Hall–Kier alpha value is -2.98. The van der Waals surface area contributed by atoms with Crippen LogP contribution in [0.3, 0.4) is 0 Å². The summed E-state index contributed by atoms with van der Waals surface area (Å²) in [6.45, 7) is 5.36. The Bertz CT molecular complexity index is 1140. The molecule has 1 N–H and O–H groups in total. The van der Waals surface area contributed by atoms with Gasteiger partial charge in [-0.15, -0.1) is 0 Å². The van der Waals surface area contributed by atoms with Gasteiger partial charge in [-0.3, -0.25) is 0 Å². The molecule has 40 heavy (non-hydrogen) atoms. The van der Waals surface area contributed by atoms with Gasteiger partial charge in [0.2, 0.25) is 0 Å². The molecule has 2 atom stereocenters. The van der Waals surface area contributed by atoms with Crippen LogP contribution >= 0.6 is 0 Å². The maximum Gasteiger partial charge on any atom is 0.126 e. The second kappa shape index (κ2) is 15.1. The van der Waals surface area contributed by atoms with Gasteiger partial charge in [0.1, 0.15) is 17.2 Å². The van der Waals surface area contributed by atoms with Crippen molar-refractivity contribution in [2.75, 3.05) is 32.8 Å². The van der Waals surface area contributed by atoms with Crippen LogP contribution in [0, 0.1) is 0 Å². The molecule has 1 fully saturated rings. The number of likely N-dealkylation sites (tertiary alicyclic amines) is 1. The fraction of sp³-hybridized carbons (Fsp3) is 0.500. The molecule has 2 heterocycles. The van der Waals surface area contributed by atoms with Crippen molar-refractivity contribution in [3.8, 4) is 17.2 Å². The summed E-state index contributed by atoms with van der Waals surface area (Å²) >= 11 is 0. The average molecular weight is 542 g/mol. The highest BCUT2D eigenvalue weighted by atomic mass is 16.5. The summed E-state index contributed by atoms with van der Waals surface area (Å²) in [6, 6.07) is 24.7. The number of aromatic hydroxyl groups is 1. The lowest BCUT2D eigenvalue weighted by Gasteiger charge is -2.34. The lowest BCUT2D eigenvalue weighted by Crippen LogP contribution is -2.25. The summed E-state index contributed by atoms with van der Waals surface area (Å²) in [5.41, 5.74) is 3.63. The Morgan fingerprint density at radius 2 is 1.40 bits per heavy atom. The van der Waals surface area contributed by atoms with Gasteiger partial charge in [0.15, 0.2) is 0 Å². The number of hydrogen-bond donors (Lipinski definition) is 1. The minimum Gasteiger partial charge on any atom is -0.508 e. The van der Waals surface area contributed by atoms with E-state index in [0.717, 1.165) is 30.1 Å². The predicted octanol–water partition coefficient (Wildman–Crippen LogP) is 8.69. The first kappa shape index (κ1) is 28.5. The Kier molecular flexibility index (Phi) is 10.8. The molecule has 0 aliphatic carbocycles. The molecular weight excluding hydrogens is 494 g/mol. The first-order valence-electron chi connectivity index (χ1n) is 15.7. The Balaban J connectivity index is 1.03. The Morgan fingerprint density at radius 3 is 2.12 bits per heavy atom. The van der Waals surface area contributed by atoms with Gasteiger partial charge in [-0.25, -0.2) is 0 Å². The van der Waals surface area contributed by atoms with E-state index < -0.39 is 0 Å². The molecule has 3 aromatic carbocycles. The molecule has 0 spiro atoms. The lowest BCUT2D eigenvalue weighted by atomic mass is 9.76. The minimum atomic E-state index is 0.158. The van der Waals surface area contributed by atoms with E-state index in [9.17, 15) is 5.11 Å². The zero-order valence-electron chi connectivity index (χ0n) is 24.1. The Morgan fingerprint density at radius 1 is 0.725 bits per heavy atom. The van der Waals surface area contributed by atoms with Gasteiger partial charge in [0.25, 0.3) is 0 Å². The van der Waals surface area contributed by atoms with Crippen molar-refractivity contribution in [3.05, 3.63) is 89.5 Å². The maximum absolute atomic E-state index is 10.0. The van der Waals surface area contributed by atoms with Crippen molar-refractivity contribution < 1.29 is 14.6 Å². The molecule has 2 aliphatic rings. The summed E-state index contributed by atoms with van der Waals surface area (Å²) in [7, 11) is 0. The van der Waals surface area contributed by atoms with Crippen LogP contribution in [0.2, 0.25) is 0 Å². The quantitative estimate of drug-likeness (QED) is 0.195. The molecule has 4 heteroatoms. The van der Waals surface area contributed by atoms with Crippen LogP contribution in [-0.4, -0.2) is 42.9 Å². The molecule has 0 bridgehead atoms. The highest BCUT2D eigenvalue weighted by Crippen LogP contribution is 2.47. The van der Waals surface area contributed by atoms with Crippen LogP contribution in [0.5, 0.6) is 17.2 Å². The van der Waals surface area contributed by atoms with E-state index >= 15 is 0 Å². The third-order valence-corrected chi connectivity index (χ3v) is 8.71. The average Bonchev–Trinajstić information content (AvgIpc) is 3.51. The van der Waals surface area contributed by atoms with E-state index in [0.29, 0.717) is 6.61 Å². The van der Waals surface area contributed by atoms with Crippen LogP contribution in [0.15, 0.2) is 72.8 Å². The second-order valence-corrected chi connectivity index (χ2v) is 11.7. The van der Waals surface area contributed by atoms with E-state index in [1.807, 2.05) is 6.07 Å². The molecule has 3 aromatic rings. The largest absolute Gasteiger partial charge is 0.508 e.